The molecule has 1 aliphatic heterocycles. The Bertz CT molecular complexity index is 907. The van der Waals surface area contributed by atoms with E-state index in [2.05, 4.69) is 24.4 Å². The van der Waals surface area contributed by atoms with E-state index in [0.717, 1.165) is 18.4 Å². The Balaban J connectivity index is 1.75. The lowest BCUT2D eigenvalue weighted by Crippen LogP contribution is -2.38. The number of anilines is 1. The highest BCUT2D eigenvalue weighted by molar-refractivity contribution is 7.92. The van der Waals surface area contributed by atoms with Crippen molar-refractivity contribution in [3.8, 4) is 0 Å². The third-order valence-corrected chi connectivity index (χ3v) is 6.85. The average Bonchev–Trinajstić information content (AvgIpc) is 2.67. The molecule has 1 atom stereocenters. The van der Waals surface area contributed by atoms with Crippen molar-refractivity contribution in [2.24, 2.45) is 0 Å². The number of carbonyl (C=O) groups is 1. The number of benzene rings is 2. The Morgan fingerprint density at radius 2 is 1.89 bits per heavy atom. The van der Waals surface area contributed by atoms with Crippen LogP contribution >= 0.6 is 0 Å². The normalized spacial score (nSPS) is 17.3. The van der Waals surface area contributed by atoms with E-state index in [1.54, 1.807) is 24.3 Å². The van der Waals surface area contributed by atoms with Gasteiger partial charge in [-0.3, -0.25) is 9.10 Å². The smallest absolute Gasteiger partial charge is 0.251 e. The van der Waals surface area contributed by atoms with Gasteiger partial charge in [-0.15, -0.1) is 0 Å². The van der Waals surface area contributed by atoms with E-state index in [1.165, 1.54) is 9.87 Å². The molecule has 1 amide bonds. The highest BCUT2D eigenvalue weighted by atomic mass is 32.2. The van der Waals surface area contributed by atoms with Crippen molar-refractivity contribution in [2.75, 3.05) is 16.6 Å². The first kappa shape index (κ1) is 19.4. The number of amides is 1. The number of rotatable bonds is 5. The molecule has 3 rings (SSSR count). The lowest BCUT2D eigenvalue weighted by molar-refractivity contribution is 0.0940. The molecule has 27 heavy (non-hydrogen) atoms. The van der Waals surface area contributed by atoms with Crippen LogP contribution in [0.2, 0.25) is 0 Å². The van der Waals surface area contributed by atoms with E-state index >= 15 is 0 Å². The predicted octanol–water partition coefficient (Wildman–Crippen LogP) is 3.67. The summed E-state index contributed by atoms with van der Waals surface area (Å²) in [5.41, 5.74) is 3.32. The topological polar surface area (TPSA) is 66.5 Å². The summed E-state index contributed by atoms with van der Waals surface area (Å²) in [6.45, 7) is 4.52. The first-order valence-electron chi connectivity index (χ1n) is 9.41. The van der Waals surface area contributed by atoms with Crippen LogP contribution in [0.4, 0.5) is 5.69 Å². The number of hydrogen-bond donors (Lipinski definition) is 1. The standard InChI is InChI=1S/C21H26N2O3S/c1-3-17-9-11-18(12-10-17)16(2)22-21(24)19-7-6-8-20(15-19)23-13-4-5-14-27(23,25)26/h6-12,15-16H,3-5,13-14H2,1-2H3,(H,22,24)/t16-/m1/s1. The first-order valence-corrected chi connectivity index (χ1v) is 11.0. The minimum atomic E-state index is -3.29. The number of nitrogens with zero attached hydrogens (tertiary/aromatic N) is 1. The quantitative estimate of drug-likeness (QED) is 0.853. The van der Waals surface area contributed by atoms with Gasteiger partial charge in [-0.25, -0.2) is 8.42 Å². The average molecular weight is 387 g/mol. The van der Waals surface area contributed by atoms with Crippen molar-refractivity contribution in [3.63, 3.8) is 0 Å². The molecule has 0 saturated carbocycles. The summed E-state index contributed by atoms with van der Waals surface area (Å²) in [4.78, 5) is 12.7. The van der Waals surface area contributed by atoms with Gasteiger partial charge in [0, 0.05) is 12.1 Å². The van der Waals surface area contributed by atoms with Gasteiger partial charge in [0.05, 0.1) is 17.5 Å². The zero-order chi connectivity index (χ0) is 19.4. The van der Waals surface area contributed by atoms with Gasteiger partial charge in [0.2, 0.25) is 10.0 Å². The van der Waals surface area contributed by atoms with Gasteiger partial charge < -0.3 is 5.32 Å². The molecule has 2 aromatic carbocycles. The van der Waals surface area contributed by atoms with Crippen LogP contribution in [0.1, 0.15) is 54.2 Å². The van der Waals surface area contributed by atoms with Crippen LogP contribution in [0.5, 0.6) is 0 Å². The molecule has 2 aromatic rings. The Kier molecular flexibility index (Phi) is 5.85. The molecule has 0 unspecified atom stereocenters. The number of aryl methyl sites for hydroxylation is 1. The third kappa shape index (κ3) is 4.50. The van der Waals surface area contributed by atoms with Crippen LogP contribution in [0, 0.1) is 0 Å². The summed E-state index contributed by atoms with van der Waals surface area (Å²) in [6.07, 6.45) is 2.50. The summed E-state index contributed by atoms with van der Waals surface area (Å²) < 4.78 is 26.0. The molecule has 0 aliphatic carbocycles. The van der Waals surface area contributed by atoms with Gasteiger partial charge in [0.25, 0.3) is 5.91 Å². The van der Waals surface area contributed by atoms with Crippen molar-refractivity contribution < 1.29 is 13.2 Å². The lowest BCUT2D eigenvalue weighted by atomic mass is 10.0. The molecule has 1 heterocycles. The minimum absolute atomic E-state index is 0.134. The molecule has 1 fully saturated rings. The van der Waals surface area contributed by atoms with Crippen LogP contribution in [0.15, 0.2) is 48.5 Å². The number of nitrogens with one attached hydrogen (secondary N) is 1. The van der Waals surface area contributed by atoms with Crippen LogP contribution < -0.4 is 9.62 Å². The maximum Gasteiger partial charge on any atom is 0.251 e. The van der Waals surface area contributed by atoms with E-state index in [9.17, 15) is 13.2 Å². The van der Waals surface area contributed by atoms with Crippen molar-refractivity contribution >= 4 is 21.6 Å². The summed E-state index contributed by atoms with van der Waals surface area (Å²) in [7, 11) is -3.29. The highest BCUT2D eigenvalue weighted by Crippen LogP contribution is 2.24. The van der Waals surface area contributed by atoms with Crippen molar-refractivity contribution in [1.82, 2.24) is 5.32 Å². The van der Waals surface area contributed by atoms with Crippen molar-refractivity contribution in [1.29, 1.82) is 0 Å². The second-order valence-corrected chi connectivity index (χ2v) is 8.95. The summed E-state index contributed by atoms with van der Waals surface area (Å²) >= 11 is 0. The van der Waals surface area contributed by atoms with Crippen LogP contribution in [-0.2, 0) is 16.4 Å². The molecule has 144 valence electrons. The fourth-order valence-electron chi connectivity index (χ4n) is 3.29. The van der Waals surface area contributed by atoms with Gasteiger partial charge in [0.15, 0.2) is 0 Å². The summed E-state index contributed by atoms with van der Waals surface area (Å²) in [5.74, 6) is -0.0490. The van der Waals surface area contributed by atoms with E-state index in [4.69, 9.17) is 0 Å². The molecule has 0 bridgehead atoms. The number of carbonyl (C=O) groups excluding carboxylic acids is 1. The predicted molar refractivity (Wildman–Crippen MR) is 109 cm³/mol. The summed E-state index contributed by atoms with van der Waals surface area (Å²) in [6, 6.07) is 14.9. The Labute approximate surface area is 161 Å². The molecule has 1 aliphatic rings. The third-order valence-electron chi connectivity index (χ3n) is 4.98. The van der Waals surface area contributed by atoms with E-state index < -0.39 is 10.0 Å². The van der Waals surface area contributed by atoms with E-state index in [1.807, 2.05) is 19.1 Å². The van der Waals surface area contributed by atoms with Gasteiger partial charge in [0.1, 0.15) is 0 Å². The molecule has 0 aromatic heterocycles. The van der Waals surface area contributed by atoms with Gasteiger partial charge in [-0.2, -0.15) is 0 Å². The monoisotopic (exact) mass is 386 g/mol. The van der Waals surface area contributed by atoms with Crippen LogP contribution in [-0.4, -0.2) is 26.6 Å². The molecular weight excluding hydrogens is 360 g/mol. The van der Waals surface area contributed by atoms with Crippen LogP contribution in [0.25, 0.3) is 0 Å². The fourth-order valence-corrected chi connectivity index (χ4v) is 4.92. The van der Waals surface area contributed by atoms with Crippen LogP contribution in [0.3, 0.4) is 0 Å². The molecule has 0 radical (unpaired) electrons. The maximum absolute atomic E-state index is 12.7. The highest BCUT2D eigenvalue weighted by Gasteiger charge is 2.26. The minimum Gasteiger partial charge on any atom is -0.346 e. The second kappa shape index (κ2) is 8.13. The van der Waals surface area contributed by atoms with Crippen molar-refractivity contribution in [3.05, 3.63) is 65.2 Å². The van der Waals surface area contributed by atoms with Gasteiger partial charge in [-0.1, -0.05) is 37.3 Å². The molecular formula is C21H26N2O3S. The molecule has 1 N–H and O–H groups in total. The number of sulfonamides is 1. The molecule has 6 heteroatoms. The Morgan fingerprint density at radius 3 is 2.56 bits per heavy atom. The van der Waals surface area contributed by atoms with E-state index in [0.29, 0.717) is 24.2 Å². The van der Waals surface area contributed by atoms with Gasteiger partial charge >= 0.3 is 0 Å². The largest absolute Gasteiger partial charge is 0.346 e. The zero-order valence-corrected chi connectivity index (χ0v) is 16.6. The summed E-state index contributed by atoms with van der Waals surface area (Å²) in [5, 5.41) is 2.99. The molecule has 1 saturated heterocycles. The first-order chi connectivity index (χ1) is 12.9. The maximum atomic E-state index is 12.7. The Morgan fingerprint density at radius 1 is 1.15 bits per heavy atom. The molecule has 5 nitrogen and oxygen atoms in total. The van der Waals surface area contributed by atoms with Crippen molar-refractivity contribution in [2.45, 2.75) is 39.2 Å². The Hall–Kier alpha value is -2.34. The second-order valence-electron chi connectivity index (χ2n) is 6.94. The van der Waals surface area contributed by atoms with Gasteiger partial charge in [-0.05, 0) is 55.5 Å². The number of hydrogen-bond acceptors (Lipinski definition) is 3. The molecule has 0 spiro atoms. The lowest BCUT2D eigenvalue weighted by Gasteiger charge is -2.28. The zero-order valence-electron chi connectivity index (χ0n) is 15.8. The fraction of sp³-hybridized carbons (Fsp3) is 0.381. The van der Waals surface area contributed by atoms with E-state index in [-0.39, 0.29) is 17.7 Å². The SMILES string of the molecule is CCc1ccc([C@@H](C)NC(=O)c2cccc(N3CCCCS3(=O)=O)c2)cc1.